The van der Waals surface area contributed by atoms with E-state index >= 15 is 0 Å². The molecule has 1 aromatic heterocycles. The van der Waals surface area contributed by atoms with Gasteiger partial charge in [-0.05, 0) is 24.3 Å². The van der Waals surface area contributed by atoms with Crippen LogP contribution >= 0.6 is 0 Å². The summed E-state index contributed by atoms with van der Waals surface area (Å²) >= 11 is 0. The molecule has 2 heterocycles. The topological polar surface area (TPSA) is 62.5 Å². The van der Waals surface area contributed by atoms with Crippen LogP contribution in [0.3, 0.4) is 0 Å². The lowest BCUT2D eigenvalue weighted by atomic mass is 9.80. The van der Waals surface area contributed by atoms with Crippen LogP contribution in [0.2, 0.25) is 0 Å². The van der Waals surface area contributed by atoms with Gasteiger partial charge in [0.25, 0.3) is 0 Å². The smallest absolute Gasteiger partial charge is 0.318 e. The van der Waals surface area contributed by atoms with Gasteiger partial charge < -0.3 is 14.2 Å². The Morgan fingerprint density at radius 1 is 1.11 bits per heavy atom. The van der Waals surface area contributed by atoms with Crippen molar-refractivity contribution < 1.29 is 9.21 Å². The lowest BCUT2D eigenvalue weighted by Crippen LogP contribution is -2.49. The standard InChI is InChI=1S/C22H32N4O2/c1-16(2)20-23-24-21(28-20)26-14-12-25(13-15-26)19(27)10-11-22(4,5)18-8-6-17(3)7-9-18/h6-9,16H,10-15H2,1-5H3. The molecule has 1 aliphatic rings. The SMILES string of the molecule is Cc1ccc(C(C)(C)CCC(=O)N2CCN(c3nnc(C(C)C)o3)CC2)cc1. The fourth-order valence-corrected chi connectivity index (χ4v) is 3.46. The molecule has 1 amide bonds. The predicted octanol–water partition coefficient (Wildman–Crippen LogP) is 3.91. The second-order valence-corrected chi connectivity index (χ2v) is 8.70. The van der Waals surface area contributed by atoms with Crippen molar-refractivity contribution in [3.8, 4) is 0 Å². The van der Waals surface area contributed by atoms with Crippen LogP contribution in [0.1, 0.15) is 63.5 Å². The highest BCUT2D eigenvalue weighted by Crippen LogP contribution is 2.29. The Balaban J connectivity index is 1.50. The molecule has 0 unspecified atom stereocenters. The summed E-state index contributed by atoms with van der Waals surface area (Å²) in [5.41, 5.74) is 2.53. The Morgan fingerprint density at radius 2 is 1.75 bits per heavy atom. The first-order valence-corrected chi connectivity index (χ1v) is 10.2. The van der Waals surface area contributed by atoms with E-state index < -0.39 is 0 Å². The highest BCUT2D eigenvalue weighted by atomic mass is 16.4. The van der Waals surface area contributed by atoms with Gasteiger partial charge in [0.05, 0.1) is 0 Å². The third-order valence-electron chi connectivity index (χ3n) is 5.62. The molecule has 3 rings (SSSR count). The van der Waals surface area contributed by atoms with Gasteiger partial charge in [0.15, 0.2) is 0 Å². The summed E-state index contributed by atoms with van der Waals surface area (Å²) in [6.07, 6.45) is 1.41. The number of hydrogen-bond acceptors (Lipinski definition) is 5. The van der Waals surface area contributed by atoms with Crippen LogP contribution in [-0.2, 0) is 10.2 Å². The molecule has 1 aliphatic heterocycles. The minimum Gasteiger partial charge on any atom is -0.408 e. The van der Waals surface area contributed by atoms with Crippen molar-refractivity contribution in [2.75, 3.05) is 31.1 Å². The van der Waals surface area contributed by atoms with Gasteiger partial charge in [-0.15, -0.1) is 5.10 Å². The molecule has 152 valence electrons. The first-order valence-electron chi connectivity index (χ1n) is 10.2. The molecule has 0 radical (unpaired) electrons. The van der Waals surface area contributed by atoms with Crippen LogP contribution in [0.25, 0.3) is 0 Å². The third-order valence-corrected chi connectivity index (χ3v) is 5.62. The summed E-state index contributed by atoms with van der Waals surface area (Å²) in [4.78, 5) is 16.8. The van der Waals surface area contributed by atoms with Crippen molar-refractivity contribution in [1.82, 2.24) is 15.1 Å². The predicted molar refractivity (Wildman–Crippen MR) is 111 cm³/mol. The zero-order valence-corrected chi connectivity index (χ0v) is 17.7. The van der Waals surface area contributed by atoms with E-state index in [1.54, 1.807) is 0 Å². The molecule has 28 heavy (non-hydrogen) atoms. The van der Waals surface area contributed by atoms with Gasteiger partial charge in [-0.1, -0.05) is 62.6 Å². The van der Waals surface area contributed by atoms with Crippen LogP contribution < -0.4 is 4.90 Å². The van der Waals surface area contributed by atoms with Gasteiger partial charge >= 0.3 is 6.01 Å². The van der Waals surface area contributed by atoms with Crippen LogP contribution in [0.15, 0.2) is 28.7 Å². The summed E-state index contributed by atoms with van der Waals surface area (Å²) in [6, 6.07) is 9.19. The quantitative estimate of drug-likeness (QED) is 0.756. The number of hydrogen-bond donors (Lipinski definition) is 0. The molecule has 2 aromatic rings. The van der Waals surface area contributed by atoms with Gasteiger partial charge in [-0.25, -0.2) is 0 Å². The summed E-state index contributed by atoms with van der Waals surface area (Å²) in [5, 5.41) is 8.24. The number of carbonyl (C=O) groups is 1. The van der Waals surface area contributed by atoms with E-state index in [1.807, 2.05) is 18.7 Å². The lowest BCUT2D eigenvalue weighted by molar-refractivity contribution is -0.131. The molecular formula is C22H32N4O2. The number of nitrogens with zero attached hydrogens (tertiary/aromatic N) is 4. The van der Waals surface area contributed by atoms with Gasteiger partial charge in [0.1, 0.15) is 0 Å². The second kappa shape index (κ2) is 8.33. The Kier molecular flexibility index (Phi) is 6.06. The third kappa shape index (κ3) is 4.72. The number of aryl methyl sites for hydroxylation is 1. The Morgan fingerprint density at radius 3 is 2.32 bits per heavy atom. The van der Waals surface area contributed by atoms with Crippen molar-refractivity contribution in [3.63, 3.8) is 0 Å². The van der Waals surface area contributed by atoms with Crippen LogP contribution in [0.4, 0.5) is 6.01 Å². The van der Waals surface area contributed by atoms with Gasteiger partial charge in [0, 0.05) is 38.5 Å². The van der Waals surface area contributed by atoms with E-state index in [9.17, 15) is 4.79 Å². The van der Waals surface area contributed by atoms with E-state index in [0.717, 1.165) is 19.5 Å². The molecule has 6 nitrogen and oxygen atoms in total. The first kappa shape index (κ1) is 20.4. The lowest BCUT2D eigenvalue weighted by Gasteiger charge is -2.34. The summed E-state index contributed by atoms with van der Waals surface area (Å²) < 4.78 is 5.73. The van der Waals surface area contributed by atoms with E-state index in [1.165, 1.54) is 11.1 Å². The number of rotatable bonds is 6. The highest BCUT2D eigenvalue weighted by Gasteiger charge is 2.27. The maximum Gasteiger partial charge on any atom is 0.318 e. The van der Waals surface area contributed by atoms with Gasteiger partial charge in [0.2, 0.25) is 11.8 Å². The van der Waals surface area contributed by atoms with Crippen molar-refractivity contribution in [2.45, 2.75) is 58.8 Å². The summed E-state index contributed by atoms with van der Waals surface area (Å²) in [5.74, 6) is 1.11. The van der Waals surface area contributed by atoms with Gasteiger partial charge in [-0.2, -0.15) is 0 Å². The average Bonchev–Trinajstić information content (AvgIpc) is 3.17. The minimum absolute atomic E-state index is 0.0117. The Hall–Kier alpha value is -2.37. The molecule has 1 saturated heterocycles. The number of benzene rings is 1. The highest BCUT2D eigenvalue weighted by molar-refractivity contribution is 5.76. The Labute approximate surface area is 167 Å². The summed E-state index contributed by atoms with van der Waals surface area (Å²) in [7, 11) is 0. The summed E-state index contributed by atoms with van der Waals surface area (Å²) in [6.45, 7) is 13.4. The van der Waals surface area contributed by atoms with Crippen LogP contribution in [-0.4, -0.2) is 47.2 Å². The molecule has 0 atom stereocenters. The number of amides is 1. The second-order valence-electron chi connectivity index (χ2n) is 8.70. The van der Waals surface area contributed by atoms with E-state index in [2.05, 4.69) is 60.1 Å². The molecule has 0 N–H and O–H groups in total. The zero-order valence-electron chi connectivity index (χ0n) is 17.7. The normalized spacial score (nSPS) is 15.4. The molecule has 1 fully saturated rings. The van der Waals surface area contributed by atoms with Crippen LogP contribution in [0.5, 0.6) is 0 Å². The van der Waals surface area contributed by atoms with Crippen LogP contribution in [0, 0.1) is 6.92 Å². The number of aromatic nitrogens is 2. The monoisotopic (exact) mass is 384 g/mol. The van der Waals surface area contributed by atoms with Crippen molar-refractivity contribution in [2.24, 2.45) is 0 Å². The van der Waals surface area contributed by atoms with E-state index in [-0.39, 0.29) is 17.2 Å². The maximum absolute atomic E-state index is 12.7. The molecular weight excluding hydrogens is 352 g/mol. The number of piperazine rings is 1. The molecule has 0 aliphatic carbocycles. The minimum atomic E-state index is -0.0117. The fraction of sp³-hybridized carbons (Fsp3) is 0.591. The van der Waals surface area contributed by atoms with Crippen molar-refractivity contribution >= 4 is 11.9 Å². The first-order chi connectivity index (χ1) is 13.3. The number of anilines is 1. The molecule has 0 bridgehead atoms. The number of carbonyl (C=O) groups excluding carboxylic acids is 1. The molecule has 0 spiro atoms. The van der Waals surface area contributed by atoms with Crippen molar-refractivity contribution in [3.05, 3.63) is 41.3 Å². The largest absolute Gasteiger partial charge is 0.408 e. The average molecular weight is 385 g/mol. The fourth-order valence-electron chi connectivity index (χ4n) is 3.46. The van der Waals surface area contributed by atoms with E-state index in [4.69, 9.17) is 4.42 Å². The van der Waals surface area contributed by atoms with Crippen molar-refractivity contribution in [1.29, 1.82) is 0 Å². The molecule has 0 saturated carbocycles. The molecule has 1 aromatic carbocycles. The zero-order chi connectivity index (χ0) is 20.3. The Bertz CT molecular complexity index is 787. The maximum atomic E-state index is 12.7. The van der Waals surface area contributed by atoms with E-state index in [0.29, 0.717) is 31.4 Å². The van der Waals surface area contributed by atoms with Gasteiger partial charge in [-0.3, -0.25) is 4.79 Å². The molecule has 6 heteroatoms.